The molecule has 0 bridgehead atoms. The van der Waals surface area contributed by atoms with Gasteiger partial charge in [-0.3, -0.25) is 9.35 Å². The van der Waals surface area contributed by atoms with Crippen molar-refractivity contribution in [3.8, 4) is 0 Å². The van der Waals surface area contributed by atoms with Crippen molar-refractivity contribution in [3.05, 3.63) is 72.9 Å². The maximum atomic E-state index is 12.8. The minimum atomic E-state index is -5.07. The molecule has 1 fully saturated rings. The van der Waals surface area contributed by atoms with Crippen LogP contribution in [0.15, 0.2) is 72.9 Å². The highest BCUT2D eigenvalue weighted by Crippen LogP contribution is 2.26. The normalized spacial score (nSPS) is 21.1. The fourth-order valence-electron chi connectivity index (χ4n) is 6.23. The fraction of sp³-hybridized carbons (Fsp3) is 0.717. The zero-order valence-corrected chi connectivity index (χ0v) is 36.8. The summed E-state index contributed by atoms with van der Waals surface area (Å²) in [5, 5.41) is 30.6. The molecule has 1 rings (SSSR count). The number of esters is 1. The van der Waals surface area contributed by atoms with Crippen LogP contribution in [0, 0.1) is 0 Å². The molecule has 6 unspecified atom stereocenters. The van der Waals surface area contributed by atoms with E-state index in [9.17, 15) is 28.5 Å². The van der Waals surface area contributed by atoms with Gasteiger partial charge < -0.3 is 34.3 Å². The van der Waals surface area contributed by atoms with Crippen LogP contribution in [-0.4, -0.2) is 97.5 Å². The van der Waals surface area contributed by atoms with Crippen LogP contribution >= 0.6 is 0 Å². The highest BCUT2D eigenvalue weighted by Gasteiger charge is 2.48. The van der Waals surface area contributed by atoms with E-state index in [0.717, 1.165) is 77.0 Å². The van der Waals surface area contributed by atoms with Gasteiger partial charge in [-0.05, 0) is 77.0 Å². The highest BCUT2D eigenvalue weighted by molar-refractivity contribution is 7.80. The molecule has 1 heterocycles. The third kappa shape index (κ3) is 31.1. The van der Waals surface area contributed by atoms with Gasteiger partial charge in [0, 0.05) is 13.0 Å². The third-order valence-electron chi connectivity index (χ3n) is 9.56. The van der Waals surface area contributed by atoms with Crippen molar-refractivity contribution in [3.63, 3.8) is 0 Å². The lowest BCUT2D eigenvalue weighted by Gasteiger charge is -2.41. The first-order valence-electron chi connectivity index (χ1n) is 22.2. The van der Waals surface area contributed by atoms with Gasteiger partial charge in [-0.1, -0.05) is 138 Å². The molecule has 0 amide bonds. The van der Waals surface area contributed by atoms with Gasteiger partial charge in [0.15, 0.2) is 6.29 Å². The van der Waals surface area contributed by atoms with E-state index in [1.807, 2.05) is 0 Å². The van der Waals surface area contributed by atoms with Crippen molar-refractivity contribution < 1.29 is 56.2 Å². The molecule has 6 atom stereocenters. The van der Waals surface area contributed by atoms with Crippen LogP contribution in [-0.2, 0) is 38.3 Å². The number of carbonyl (C=O) groups excluding carboxylic acids is 1. The summed E-state index contributed by atoms with van der Waals surface area (Å²) in [4.78, 5) is 12.8. The van der Waals surface area contributed by atoms with Gasteiger partial charge in [0.2, 0.25) is 0 Å². The molecule has 59 heavy (non-hydrogen) atoms. The van der Waals surface area contributed by atoms with Crippen LogP contribution in [0.25, 0.3) is 0 Å². The van der Waals surface area contributed by atoms with Gasteiger partial charge in [-0.25, -0.2) is 4.18 Å². The average molecular weight is 855 g/mol. The molecule has 1 aliphatic heterocycles. The largest absolute Gasteiger partial charge is 0.457 e. The lowest BCUT2D eigenvalue weighted by molar-refractivity contribution is -0.301. The molecule has 12 nitrogen and oxygen atoms in total. The number of unbranched alkanes of at least 4 members (excludes halogenated alkanes) is 12. The standard InChI is InChI=1S/C46H78O12S/c1-3-5-7-9-11-13-15-17-19-20-21-22-23-25-27-29-31-33-35-42(48)56-40(38-54-36-34-32-30-28-26-24-18-16-14-12-10-8-6-4-2)39-55-46-44(50)45(58-59(51,52)53)43(49)41(37-47)57-46/h6,8,12-15,18-20,24,28,30,40-41,43-47,49-50H,3-5,7,9-11,16-17,21-23,25-27,29,31-39H2,1-2H3,(H,51,52,53)/b8-6-,14-12-,15-13-,20-19-,24-18-,30-28-. The number of carbonyl (C=O) groups is 1. The molecule has 1 saturated heterocycles. The Morgan fingerprint density at radius 3 is 1.71 bits per heavy atom. The molecule has 0 saturated carbocycles. The number of aliphatic hydroxyl groups excluding tert-OH is 3. The number of hydrogen-bond donors (Lipinski definition) is 4. The van der Waals surface area contributed by atoms with E-state index in [4.69, 9.17) is 23.5 Å². The molecule has 340 valence electrons. The Morgan fingerprint density at radius 2 is 1.17 bits per heavy atom. The van der Waals surface area contributed by atoms with Crippen molar-refractivity contribution in [2.24, 2.45) is 0 Å². The van der Waals surface area contributed by atoms with E-state index in [0.29, 0.717) is 13.0 Å². The maximum Gasteiger partial charge on any atom is 0.397 e. The summed E-state index contributed by atoms with van der Waals surface area (Å²) in [6, 6.07) is 0. The van der Waals surface area contributed by atoms with Crippen molar-refractivity contribution >= 4 is 16.4 Å². The van der Waals surface area contributed by atoms with Crippen molar-refractivity contribution in [2.45, 2.75) is 185 Å². The van der Waals surface area contributed by atoms with Gasteiger partial charge in [-0.15, -0.1) is 0 Å². The molecule has 0 aromatic rings. The molecule has 0 aromatic heterocycles. The number of allylic oxidation sites excluding steroid dienone is 12. The lowest BCUT2D eigenvalue weighted by Crippen LogP contribution is -2.60. The van der Waals surface area contributed by atoms with E-state index < -0.39 is 59.8 Å². The second kappa shape index (κ2) is 37.3. The SMILES string of the molecule is CC/C=C\C/C=C\C/C=C\C/C=C\CCCOCC(COC1OC(CO)C(O)C(OS(=O)(=O)O)C1O)OC(=O)CCCCCCCCC/C=C\C/C=C\CCCCCC. The summed E-state index contributed by atoms with van der Waals surface area (Å²) in [6.45, 7) is 3.68. The molecule has 4 N–H and O–H groups in total. The Morgan fingerprint density at radius 1 is 0.661 bits per heavy atom. The van der Waals surface area contributed by atoms with E-state index >= 15 is 0 Å². The molecule has 0 aromatic carbocycles. The van der Waals surface area contributed by atoms with Gasteiger partial charge >= 0.3 is 16.4 Å². The monoisotopic (exact) mass is 855 g/mol. The summed E-state index contributed by atoms with van der Waals surface area (Å²) >= 11 is 0. The summed E-state index contributed by atoms with van der Waals surface area (Å²) in [6.07, 6.45) is 38.0. The van der Waals surface area contributed by atoms with Gasteiger partial charge in [-0.2, -0.15) is 8.42 Å². The Hall–Kier alpha value is -2.46. The summed E-state index contributed by atoms with van der Waals surface area (Å²) < 4.78 is 58.9. The predicted molar refractivity (Wildman–Crippen MR) is 234 cm³/mol. The van der Waals surface area contributed by atoms with Crippen molar-refractivity contribution in [1.29, 1.82) is 0 Å². The first kappa shape index (κ1) is 54.6. The minimum absolute atomic E-state index is 0.00915. The maximum absolute atomic E-state index is 12.8. The highest BCUT2D eigenvalue weighted by atomic mass is 32.3. The second-order valence-corrected chi connectivity index (χ2v) is 15.9. The van der Waals surface area contributed by atoms with Crippen LogP contribution in [0.5, 0.6) is 0 Å². The molecule has 1 aliphatic rings. The Balaban J connectivity index is 2.48. The number of hydrogen-bond acceptors (Lipinski definition) is 11. The van der Waals surface area contributed by atoms with Crippen LogP contribution in [0.3, 0.4) is 0 Å². The van der Waals surface area contributed by atoms with Crippen LogP contribution in [0.2, 0.25) is 0 Å². The van der Waals surface area contributed by atoms with E-state index in [1.54, 1.807) is 0 Å². The van der Waals surface area contributed by atoms with Crippen LogP contribution < -0.4 is 0 Å². The van der Waals surface area contributed by atoms with E-state index in [2.05, 4.69) is 90.9 Å². The van der Waals surface area contributed by atoms with Gasteiger partial charge in [0.25, 0.3) is 0 Å². The summed E-state index contributed by atoms with van der Waals surface area (Å²) in [5.74, 6) is -0.429. The van der Waals surface area contributed by atoms with Gasteiger partial charge in [0.1, 0.15) is 30.5 Å². The summed E-state index contributed by atoms with van der Waals surface area (Å²) in [5.41, 5.74) is 0. The zero-order chi connectivity index (χ0) is 43.2. The lowest BCUT2D eigenvalue weighted by atomic mass is 9.99. The number of aliphatic hydroxyl groups is 3. The fourth-order valence-corrected chi connectivity index (χ4v) is 6.74. The van der Waals surface area contributed by atoms with E-state index in [-0.39, 0.29) is 19.6 Å². The molecule has 0 radical (unpaired) electrons. The first-order chi connectivity index (χ1) is 28.6. The van der Waals surface area contributed by atoms with E-state index in [1.165, 1.54) is 44.9 Å². The molecule has 0 spiro atoms. The quantitative estimate of drug-likeness (QED) is 0.0202. The topological polar surface area (TPSA) is 178 Å². The van der Waals surface area contributed by atoms with Crippen LogP contribution in [0.4, 0.5) is 0 Å². The number of ether oxygens (including phenoxy) is 4. The Labute approximate surface area is 356 Å². The first-order valence-corrected chi connectivity index (χ1v) is 23.6. The van der Waals surface area contributed by atoms with Crippen molar-refractivity contribution in [1.82, 2.24) is 0 Å². The minimum Gasteiger partial charge on any atom is -0.457 e. The smallest absolute Gasteiger partial charge is 0.397 e. The zero-order valence-electron chi connectivity index (χ0n) is 36.0. The Bertz CT molecular complexity index is 1310. The molecule has 13 heteroatoms. The van der Waals surface area contributed by atoms with Gasteiger partial charge in [0.05, 0.1) is 19.8 Å². The predicted octanol–water partition coefficient (Wildman–Crippen LogP) is 9.13. The van der Waals surface area contributed by atoms with Crippen LogP contribution in [0.1, 0.15) is 149 Å². The number of rotatable bonds is 37. The van der Waals surface area contributed by atoms with Crippen molar-refractivity contribution in [2.75, 3.05) is 26.4 Å². The average Bonchev–Trinajstić information content (AvgIpc) is 3.20. The summed E-state index contributed by atoms with van der Waals surface area (Å²) in [7, 11) is -5.07. The molecular formula is C46H78O12S. The third-order valence-corrected chi connectivity index (χ3v) is 10.0. The molecular weight excluding hydrogens is 777 g/mol. The molecule has 0 aliphatic carbocycles. The Kier molecular flexibility index (Phi) is 34.5. The second-order valence-electron chi connectivity index (χ2n) is 14.9.